The van der Waals surface area contributed by atoms with E-state index in [4.69, 9.17) is 4.74 Å². The van der Waals surface area contributed by atoms with Crippen LogP contribution in [-0.2, 0) is 4.74 Å². The van der Waals surface area contributed by atoms with E-state index in [9.17, 15) is 5.11 Å². The first-order chi connectivity index (χ1) is 6.00. The van der Waals surface area contributed by atoms with Crippen LogP contribution in [0.1, 0.15) is 27.7 Å². The van der Waals surface area contributed by atoms with E-state index in [0.717, 1.165) is 13.1 Å². The van der Waals surface area contributed by atoms with Gasteiger partial charge in [-0.25, -0.2) is 0 Å². The molecule has 1 atom stereocenters. The molecule has 3 nitrogen and oxygen atoms in total. The lowest BCUT2D eigenvalue weighted by molar-refractivity contribution is -0.0621. The first-order valence-electron chi connectivity index (χ1n) is 5.01. The van der Waals surface area contributed by atoms with Crippen molar-refractivity contribution in [2.24, 2.45) is 5.92 Å². The molecular weight excluding hydrogens is 166 g/mol. The van der Waals surface area contributed by atoms with E-state index in [1.807, 2.05) is 20.8 Å². The molecule has 0 aliphatic rings. The van der Waals surface area contributed by atoms with E-state index in [1.54, 1.807) is 0 Å². The zero-order chi connectivity index (χ0) is 10.3. The fourth-order valence-corrected chi connectivity index (χ4v) is 0.767. The monoisotopic (exact) mass is 189 g/mol. The van der Waals surface area contributed by atoms with Crippen molar-refractivity contribution >= 4 is 0 Å². The number of likely N-dealkylation sites (N-methyl/N-ethyl adjacent to an activating group) is 1. The summed E-state index contributed by atoms with van der Waals surface area (Å²) in [7, 11) is 0. The van der Waals surface area contributed by atoms with Gasteiger partial charge in [0.2, 0.25) is 0 Å². The zero-order valence-corrected chi connectivity index (χ0v) is 9.26. The van der Waals surface area contributed by atoms with E-state index >= 15 is 0 Å². The van der Waals surface area contributed by atoms with Gasteiger partial charge in [0.1, 0.15) is 0 Å². The lowest BCUT2D eigenvalue weighted by Crippen LogP contribution is -2.37. The van der Waals surface area contributed by atoms with E-state index < -0.39 is 5.60 Å². The highest BCUT2D eigenvalue weighted by atomic mass is 16.5. The third kappa shape index (κ3) is 6.02. The molecule has 0 spiro atoms. The van der Waals surface area contributed by atoms with Crippen LogP contribution in [0.4, 0.5) is 0 Å². The van der Waals surface area contributed by atoms with Gasteiger partial charge in [0.25, 0.3) is 0 Å². The maximum absolute atomic E-state index is 9.80. The van der Waals surface area contributed by atoms with Crippen LogP contribution in [0.25, 0.3) is 0 Å². The fourth-order valence-electron chi connectivity index (χ4n) is 0.767. The van der Waals surface area contributed by atoms with E-state index in [-0.39, 0.29) is 5.92 Å². The predicted molar refractivity (Wildman–Crippen MR) is 54.8 cm³/mol. The number of hydrogen-bond donors (Lipinski definition) is 2. The summed E-state index contributed by atoms with van der Waals surface area (Å²) in [6.07, 6.45) is 0. The van der Waals surface area contributed by atoms with Gasteiger partial charge in [-0.1, -0.05) is 20.8 Å². The molecule has 13 heavy (non-hydrogen) atoms. The van der Waals surface area contributed by atoms with Crippen LogP contribution in [-0.4, -0.2) is 37.0 Å². The van der Waals surface area contributed by atoms with Crippen molar-refractivity contribution in [1.29, 1.82) is 0 Å². The van der Waals surface area contributed by atoms with E-state index in [1.165, 1.54) is 0 Å². The average molecular weight is 189 g/mol. The summed E-state index contributed by atoms with van der Waals surface area (Å²) >= 11 is 0. The first-order valence-corrected chi connectivity index (χ1v) is 5.01. The van der Waals surface area contributed by atoms with E-state index in [0.29, 0.717) is 13.2 Å². The Hall–Kier alpha value is -0.120. The summed E-state index contributed by atoms with van der Waals surface area (Å²) in [5, 5.41) is 13.0. The Morgan fingerprint density at radius 2 is 2.08 bits per heavy atom. The summed E-state index contributed by atoms with van der Waals surface area (Å²) in [4.78, 5) is 0. The Bertz CT molecular complexity index is 124. The molecule has 0 aromatic rings. The quantitative estimate of drug-likeness (QED) is 0.588. The fraction of sp³-hybridized carbons (Fsp3) is 1.00. The van der Waals surface area contributed by atoms with Gasteiger partial charge in [-0.3, -0.25) is 0 Å². The van der Waals surface area contributed by atoms with Gasteiger partial charge >= 0.3 is 0 Å². The molecule has 0 aliphatic heterocycles. The van der Waals surface area contributed by atoms with Crippen molar-refractivity contribution in [1.82, 2.24) is 5.32 Å². The van der Waals surface area contributed by atoms with Crippen LogP contribution in [0.2, 0.25) is 0 Å². The normalized spacial score (nSPS) is 16.2. The third-order valence-electron chi connectivity index (χ3n) is 2.31. The number of aliphatic hydroxyl groups is 1. The third-order valence-corrected chi connectivity index (χ3v) is 2.31. The van der Waals surface area contributed by atoms with Crippen LogP contribution < -0.4 is 5.32 Å². The minimum Gasteiger partial charge on any atom is -0.388 e. The molecule has 0 rings (SSSR count). The molecule has 0 heterocycles. The second-order valence-electron chi connectivity index (χ2n) is 3.92. The Morgan fingerprint density at radius 1 is 1.46 bits per heavy atom. The average Bonchev–Trinajstić information content (AvgIpc) is 2.03. The molecule has 0 amide bonds. The molecule has 0 saturated carbocycles. The molecule has 3 heteroatoms. The van der Waals surface area contributed by atoms with Gasteiger partial charge in [0, 0.05) is 6.54 Å². The SMILES string of the molecule is CCNCCOCC(C)(O)C(C)C. The Balaban J connectivity index is 3.41. The van der Waals surface area contributed by atoms with Crippen molar-refractivity contribution in [2.45, 2.75) is 33.3 Å². The maximum atomic E-state index is 9.80. The van der Waals surface area contributed by atoms with Crippen molar-refractivity contribution in [2.75, 3.05) is 26.3 Å². The summed E-state index contributed by atoms with van der Waals surface area (Å²) < 4.78 is 5.35. The standard InChI is InChI=1S/C10H23NO2/c1-5-11-6-7-13-8-10(4,12)9(2)3/h9,11-12H,5-8H2,1-4H3. The van der Waals surface area contributed by atoms with Crippen LogP contribution in [0.15, 0.2) is 0 Å². The summed E-state index contributed by atoms with van der Waals surface area (Å²) in [6.45, 7) is 10.7. The minimum absolute atomic E-state index is 0.228. The van der Waals surface area contributed by atoms with Crippen LogP contribution >= 0.6 is 0 Å². The van der Waals surface area contributed by atoms with Gasteiger partial charge < -0.3 is 15.2 Å². The summed E-state index contributed by atoms with van der Waals surface area (Å²) in [5.74, 6) is 0.228. The summed E-state index contributed by atoms with van der Waals surface area (Å²) in [5.41, 5.74) is -0.702. The molecule has 80 valence electrons. The highest BCUT2D eigenvalue weighted by molar-refractivity contribution is 4.75. The molecular formula is C10H23NO2. The summed E-state index contributed by atoms with van der Waals surface area (Å²) in [6, 6.07) is 0. The van der Waals surface area contributed by atoms with E-state index in [2.05, 4.69) is 12.2 Å². The minimum atomic E-state index is -0.702. The van der Waals surface area contributed by atoms with Gasteiger partial charge in [0.15, 0.2) is 0 Å². The number of rotatable bonds is 7. The molecule has 0 fully saturated rings. The van der Waals surface area contributed by atoms with Crippen LogP contribution in [0.3, 0.4) is 0 Å². The molecule has 0 aromatic carbocycles. The highest BCUT2D eigenvalue weighted by Crippen LogP contribution is 2.15. The molecule has 0 radical (unpaired) electrons. The highest BCUT2D eigenvalue weighted by Gasteiger charge is 2.24. The first kappa shape index (κ1) is 12.9. The van der Waals surface area contributed by atoms with Gasteiger partial charge in [-0.2, -0.15) is 0 Å². The molecule has 0 aliphatic carbocycles. The van der Waals surface area contributed by atoms with Crippen molar-refractivity contribution < 1.29 is 9.84 Å². The zero-order valence-electron chi connectivity index (χ0n) is 9.26. The van der Waals surface area contributed by atoms with Crippen molar-refractivity contribution in [3.8, 4) is 0 Å². The second kappa shape index (κ2) is 6.35. The lowest BCUT2D eigenvalue weighted by atomic mass is 9.94. The molecule has 0 bridgehead atoms. The molecule has 0 aromatic heterocycles. The van der Waals surface area contributed by atoms with Crippen molar-refractivity contribution in [3.63, 3.8) is 0 Å². The predicted octanol–water partition coefficient (Wildman–Crippen LogP) is 1.02. The van der Waals surface area contributed by atoms with Gasteiger partial charge in [-0.15, -0.1) is 0 Å². The molecule has 2 N–H and O–H groups in total. The molecule has 1 unspecified atom stereocenters. The topological polar surface area (TPSA) is 41.5 Å². The van der Waals surface area contributed by atoms with Crippen LogP contribution in [0, 0.1) is 5.92 Å². The Labute approximate surface area is 81.5 Å². The second-order valence-corrected chi connectivity index (χ2v) is 3.92. The lowest BCUT2D eigenvalue weighted by Gasteiger charge is -2.27. The van der Waals surface area contributed by atoms with Crippen LogP contribution in [0.5, 0.6) is 0 Å². The number of ether oxygens (including phenoxy) is 1. The Morgan fingerprint density at radius 3 is 2.54 bits per heavy atom. The maximum Gasteiger partial charge on any atom is 0.0874 e. The smallest absolute Gasteiger partial charge is 0.0874 e. The Kier molecular flexibility index (Phi) is 6.29. The number of hydrogen-bond acceptors (Lipinski definition) is 3. The number of nitrogens with one attached hydrogen (secondary N) is 1. The molecule has 0 saturated heterocycles. The van der Waals surface area contributed by atoms with Crippen molar-refractivity contribution in [3.05, 3.63) is 0 Å². The largest absolute Gasteiger partial charge is 0.388 e. The van der Waals surface area contributed by atoms with Gasteiger partial charge in [0.05, 0.1) is 18.8 Å². The van der Waals surface area contributed by atoms with Gasteiger partial charge in [-0.05, 0) is 19.4 Å².